The van der Waals surface area contributed by atoms with Crippen LogP contribution in [0.1, 0.15) is 24.8 Å². The van der Waals surface area contributed by atoms with Crippen LogP contribution in [0.5, 0.6) is 0 Å². The van der Waals surface area contributed by atoms with E-state index < -0.39 is 0 Å². The van der Waals surface area contributed by atoms with E-state index >= 15 is 0 Å². The number of likely N-dealkylation sites (tertiary alicyclic amines) is 1. The summed E-state index contributed by atoms with van der Waals surface area (Å²) in [6.45, 7) is 3.08. The molecule has 1 spiro atoms. The highest BCUT2D eigenvalue weighted by atomic mass is 16.5. The second-order valence-electron chi connectivity index (χ2n) is 6.31. The highest BCUT2D eigenvalue weighted by Gasteiger charge is 2.49. The molecule has 0 aromatic carbocycles. The Labute approximate surface area is 136 Å². The van der Waals surface area contributed by atoms with Crippen molar-refractivity contribution in [2.75, 3.05) is 33.4 Å². The summed E-state index contributed by atoms with van der Waals surface area (Å²) in [6.07, 6.45) is 5.96. The van der Waals surface area contributed by atoms with Gasteiger partial charge in [0.05, 0.1) is 38.8 Å². The number of carbonyl (C=O) groups is 1. The largest absolute Gasteiger partial charge is 0.384 e. The van der Waals surface area contributed by atoms with Gasteiger partial charge in [-0.05, 0) is 18.1 Å². The van der Waals surface area contributed by atoms with Gasteiger partial charge in [-0.2, -0.15) is 0 Å². The quantitative estimate of drug-likeness (QED) is 0.793. The van der Waals surface area contributed by atoms with Gasteiger partial charge in [-0.3, -0.25) is 9.78 Å². The molecule has 0 N–H and O–H groups in total. The molecule has 3 rings (SSSR count). The zero-order valence-electron chi connectivity index (χ0n) is 13.6. The number of amides is 1. The molecule has 1 aromatic rings. The van der Waals surface area contributed by atoms with Crippen molar-refractivity contribution < 1.29 is 19.0 Å². The molecule has 0 bridgehead atoms. The summed E-state index contributed by atoms with van der Waals surface area (Å²) in [5.41, 5.74) is 0.874. The Morgan fingerprint density at radius 1 is 1.52 bits per heavy atom. The zero-order chi connectivity index (χ0) is 16.1. The van der Waals surface area contributed by atoms with E-state index in [0.29, 0.717) is 39.3 Å². The van der Waals surface area contributed by atoms with E-state index in [9.17, 15) is 4.79 Å². The van der Waals surface area contributed by atoms with Crippen molar-refractivity contribution in [2.24, 2.45) is 0 Å². The lowest BCUT2D eigenvalue weighted by molar-refractivity contribution is -0.202. The normalized spacial score (nSPS) is 22.8. The molecule has 1 aromatic heterocycles. The minimum absolute atomic E-state index is 0.138. The van der Waals surface area contributed by atoms with E-state index in [4.69, 9.17) is 14.2 Å². The second kappa shape index (κ2) is 7.38. The highest BCUT2D eigenvalue weighted by molar-refractivity contribution is 5.77. The van der Waals surface area contributed by atoms with Crippen LogP contribution in [0.15, 0.2) is 24.5 Å². The molecule has 6 nitrogen and oxygen atoms in total. The third-order valence-electron chi connectivity index (χ3n) is 4.49. The fourth-order valence-corrected chi connectivity index (χ4v) is 3.22. The van der Waals surface area contributed by atoms with E-state index in [2.05, 4.69) is 4.98 Å². The first-order valence-corrected chi connectivity index (χ1v) is 8.12. The molecule has 0 unspecified atom stereocenters. The standard InChI is InChI=1S/C17H24N2O4/c1-21-7-5-16(20)19-12-17(13-19)9-15(4-8-23-17)22-11-14-3-2-6-18-10-14/h2-3,6,10,15H,4-5,7-9,11-13H2,1H3/t15-/m1/s1. The number of ether oxygens (including phenoxy) is 3. The van der Waals surface area contributed by atoms with Crippen molar-refractivity contribution in [3.05, 3.63) is 30.1 Å². The van der Waals surface area contributed by atoms with Crippen LogP contribution in [0.2, 0.25) is 0 Å². The van der Waals surface area contributed by atoms with Crippen molar-refractivity contribution in [3.8, 4) is 0 Å². The van der Waals surface area contributed by atoms with Gasteiger partial charge in [-0.25, -0.2) is 0 Å². The van der Waals surface area contributed by atoms with Crippen molar-refractivity contribution in [2.45, 2.75) is 37.6 Å². The summed E-state index contributed by atoms with van der Waals surface area (Å²) in [5, 5.41) is 0. The molecule has 0 aliphatic carbocycles. The van der Waals surface area contributed by atoms with Gasteiger partial charge < -0.3 is 19.1 Å². The van der Waals surface area contributed by atoms with Gasteiger partial charge in [0.2, 0.25) is 5.91 Å². The summed E-state index contributed by atoms with van der Waals surface area (Å²) in [4.78, 5) is 17.9. The van der Waals surface area contributed by atoms with Crippen LogP contribution in [0.4, 0.5) is 0 Å². The van der Waals surface area contributed by atoms with E-state index in [1.165, 1.54) is 0 Å². The van der Waals surface area contributed by atoms with Gasteiger partial charge in [-0.15, -0.1) is 0 Å². The summed E-state index contributed by atoms with van der Waals surface area (Å²) in [6, 6.07) is 3.93. The van der Waals surface area contributed by atoms with Crippen LogP contribution in [-0.2, 0) is 25.6 Å². The highest BCUT2D eigenvalue weighted by Crippen LogP contribution is 2.35. The number of aromatic nitrogens is 1. The van der Waals surface area contributed by atoms with Crippen LogP contribution >= 0.6 is 0 Å². The molecule has 0 saturated carbocycles. The number of carbonyl (C=O) groups excluding carboxylic acids is 1. The Kier molecular flexibility index (Phi) is 5.25. The molecule has 1 amide bonds. The molecular weight excluding hydrogens is 296 g/mol. The Morgan fingerprint density at radius 3 is 3.13 bits per heavy atom. The summed E-state index contributed by atoms with van der Waals surface area (Å²) in [5.74, 6) is 0.138. The van der Waals surface area contributed by atoms with Gasteiger partial charge in [-0.1, -0.05) is 6.07 Å². The second-order valence-corrected chi connectivity index (χ2v) is 6.31. The van der Waals surface area contributed by atoms with E-state index in [1.54, 1.807) is 13.3 Å². The summed E-state index contributed by atoms with van der Waals surface area (Å²) in [7, 11) is 1.61. The maximum Gasteiger partial charge on any atom is 0.225 e. The Hall–Kier alpha value is -1.50. The lowest BCUT2D eigenvalue weighted by Gasteiger charge is -2.53. The smallest absolute Gasteiger partial charge is 0.225 e. The molecular formula is C17H24N2O4. The fraction of sp³-hybridized carbons (Fsp3) is 0.647. The van der Waals surface area contributed by atoms with Crippen LogP contribution < -0.4 is 0 Å². The third kappa shape index (κ3) is 4.07. The monoisotopic (exact) mass is 320 g/mol. The maximum absolute atomic E-state index is 12.0. The SMILES string of the molecule is COCCC(=O)N1CC2(C[C@H](OCc3cccnc3)CCO2)C1. The number of rotatable bonds is 6. The average molecular weight is 320 g/mol. The fourth-order valence-electron chi connectivity index (χ4n) is 3.22. The number of hydrogen-bond donors (Lipinski definition) is 0. The van der Waals surface area contributed by atoms with Crippen molar-refractivity contribution in [1.82, 2.24) is 9.88 Å². The molecule has 0 radical (unpaired) electrons. The first-order valence-electron chi connectivity index (χ1n) is 8.12. The van der Waals surface area contributed by atoms with Crippen molar-refractivity contribution >= 4 is 5.91 Å². The number of pyridine rings is 1. The van der Waals surface area contributed by atoms with Crippen molar-refractivity contribution in [1.29, 1.82) is 0 Å². The molecule has 2 aliphatic rings. The molecule has 126 valence electrons. The van der Waals surface area contributed by atoms with Gasteiger partial charge in [0.15, 0.2) is 0 Å². The minimum atomic E-state index is -0.208. The molecule has 6 heteroatoms. The number of nitrogens with zero attached hydrogens (tertiary/aromatic N) is 2. The third-order valence-corrected chi connectivity index (χ3v) is 4.49. The van der Waals surface area contributed by atoms with Gasteiger partial charge in [0.25, 0.3) is 0 Å². The number of hydrogen-bond acceptors (Lipinski definition) is 5. The topological polar surface area (TPSA) is 60.9 Å². The average Bonchev–Trinajstić information content (AvgIpc) is 2.57. The van der Waals surface area contributed by atoms with E-state index in [-0.39, 0.29) is 17.6 Å². The first-order chi connectivity index (χ1) is 11.2. The van der Waals surface area contributed by atoms with Crippen molar-refractivity contribution in [3.63, 3.8) is 0 Å². The summed E-state index contributed by atoms with van der Waals surface area (Å²) >= 11 is 0. The molecule has 3 heterocycles. The van der Waals surface area contributed by atoms with Gasteiger partial charge >= 0.3 is 0 Å². The van der Waals surface area contributed by atoms with Gasteiger partial charge in [0.1, 0.15) is 5.60 Å². The molecule has 23 heavy (non-hydrogen) atoms. The lowest BCUT2D eigenvalue weighted by atomic mass is 9.84. The Morgan fingerprint density at radius 2 is 2.39 bits per heavy atom. The molecule has 2 saturated heterocycles. The minimum Gasteiger partial charge on any atom is -0.384 e. The Balaban J connectivity index is 1.45. The Bertz CT molecular complexity index is 517. The van der Waals surface area contributed by atoms with Crippen LogP contribution in [0.3, 0.4) is 0 Å². The predicted molar refractivity (Wildman–Crippen MR) is 83.8 cm³/mol. The molecule has 2 aliphatic heterocycles. The van der Waals surface area contributed by atoms with E-state index in [1.807, 2.05) is 23.2 Å². The van der Waals surface area contributed by atoms with Gasteiger partial charge in [0, 0.05) is 32.5 Å². The zero-order valence-corrected chi connectivity index (χ0v) is 13.6. The first kappa shape index (κ1) is 16.4. The number of methoxy groups -OCH3 is 1. The molecule has 2 fully saturated rings. The van der Waals surface area contributed by atoms with Crippen LogP contribution in [0.25, 0.3) is 0 Å². The lowest BCUT2D eigenvalue weighted by Crippen LogP contribution is -2.67. The van der Waals surface area contributed by atoms with E-state index in [0.717, 1.165) is 18.4 Å². The summed E-state index contributed by atoms with van der Waals surface area (Å²) < 4.78 is 16.9. The molecule has 1 atom stereocenters. The van der Waals surface area contributed by atoms with Crippen LogP contribution in [-0.4, -0.2) is 60.9 Å². The van der Waals surface area contributed by atoms with Crippen LogP contribution in [0, 0.1) is 0 Å². The maximum atomic E-state index is 12.0. The predicted octanol–water partition coefficient (Wildman–Crippen LogP) is 1.39.